The SMILES string of the molecule is O=C(CCc1cccs1)Nc1ccc2c(c1)N(C(=O)c1cccs1)CC2. The summed E-state index contributed by atoms with van der Waals surface area (Å²) in [5.41, 5.74) is 2.79. The summed E-state index contributed by atoms with van der Waals surface area (Å²) in [6.45, 7) is 0.682. The number of anilines is 2. The second-order valence-corrected chi connectivity index (χ2v) is 8.14. The van der Waals surface area contributed by atoms with Crippen LogP contribution >= 0.6 is 22.7 Å². The minimum Gasteiger partial charge on any atom is -0.326 e. The van der Waals surface area contributed by atoms with Gasteiger partial charge in [0.15, 0.2) is 0 Å². The monoisotopic (exact) mass is 382 g/mol. The van der Waals surface area contributed by atoms with Crippen LogP contribution in [-0.2, 0) is 17.6 Å². The molecule has 0 radical (unpaired) electrons. The van der Waals surface area contributed by atoms with Gasteiger partial charge in [-0.2, -0.15) is 0 Å². The van der Waals surface area contributed by atoms with Crippen LogP contribution in [0.3, 0.4) is 0 Å². The van der Waals surface area contributed by atoms with Crippen LogP contribution in [0.2, 0.25) is 0 Å². The maximum Gasteiger partial charge on any atom is 0.268 e. The van der Waals surface area contributed by atoms with Gasteiger partial charge in [0, 0.05) is 29.2 Å². The van der Waals surface area contributed by atoms with Crippen molar-refractivity contribution in [1.29, 1.82) is 0 Å². The largest absolute Gasteiger partial charge is 0.326 e. The average molecular weight is 383 g/mol. The first-order valence-electron chi connectivity index (χ1n) is 8.51. The Hall–Kier alpha value is -2.44. The number of nitrogens with zero attached hydrogens (tertiary/aromatic N) is 1. The molecule has 4 nitrogen and oxygen atoms in total. The van der Waals surface area contributed by atoms with E-state index in [1.54, 1.807) is 11.3 Å². The Morgan fingerprint density at radius 2 is 1.92 bits per heavy atom. The number of nitrogens with one attached hydrogen (secondary N) is 1. The topological polar surface area (TPSA) is 49.4 Å². The Labute approximate surface area is 160 Å². The van der Waals surface area contributed by atoms with Crippen LogP contribution in [0.5, 0.6) is 0 Å². The quantitative estimate of drug-likeness (QED) is 0.702. The highest BCUT2D eigenvalue weighted by molar-refractivity contribution is 7.12. The van der Waals surface area contributed by atoms with E-state index in [1.165, 1.54) is 16.2 Å². The first-order valence-corrected chi connectivity index (χ1v) is 10.3. The fourth-order valence-corrected chi connectivity index (χ4v) is 4.50. The normalized spacial score (nSPS) is 12.8. The van der Waals surface area contributed by atoms with Gasteiger partial charge in [-0.15, -0.1) is 22.7 Å². The van der Waals surface area contributed by atoms with Gasteiger partial charge in [-0.3, -0.25) is 9.59 Å². The molecule has 4 rings (SSSR count). The Morgan fingerprint density at radius 1 is 1.08 bits per heavy atom. The molecular weight excluding hydrogens is 364 g/mol. The zero-order valence-electron chi connectivity index (χ0n) is 14.1. The molecule has 0 aliphatic carbocycles. The zero-order chi connectivity index (χ0) is 17.9. The Morgan fingerprint density at radius 3 is 2.69 bits per heavy atom. The van der Waals surface area contributed by atoms with E-state index in [4.69, 9.17) is 0 Å². The van der Waals surface area contributed by atoms with E-state index >= 15 is 0 Å². The summed E-state index contributed by atoms with van der Waals surface area (Å²) in [4.78, 5) is 28.7. The lowest BCUT2D eigenvalue weighted by molar-refractivity contribution is -0.116. The molecule has 1 aliphatic heterocycles. The number of carbonyl (C=O) groups is 2. The van der Waals surface area contributed by atoms with Gasteiger partial charge in [-0.05, 0) is 53.4 Å². The van der Waals surface area contributed by atoms with Crippen LogP contribution in [-0.4, -0.2) is 18.4 Å². The number of hydrogen-bond donors (Lipinski definition) is 1. The van der Waals surface area contributed by atoms with Gasteiger partial charge in [0.25, 0.3) is 5.91 Å². The third-order valence-corrected chi connectivity index (χ3v) is 6.21. The molecule has 0 atom stereocenters. The molecule has 0 fully saturated rings. The molecular formula is C20H18N2O2S2. The van der Waals surface area contributed by atoms with Crippen LogP contribution in [0.1, 0.15) is 26.5 Å². The van der Waals surface area contributed by atoms with Gasteiger partial charge in [0.2, 0.25) is 5.91 Å². The van der Waals surface area contributed by atoms with Crippen LogP contribution in [0, 0.1) is 0 Å². The molecule has 0 spiro atoms. The number of amides is 2. The van der Waals surface area contributed by atoms with E-state index in [2.05, 4.69) is 5.32 Å². The van der Waals surface area contributed by atoms with E-state index in [1.807, 2.05) is 58.1 Å². The maximum absolute atomic E-state index is 12.7. The van der Waals surface area contributed by atoms with Gasteiger partial charge in [-0.1, -0.05) is 18.2 Å². The molecule has 1 aromatic carbocycles. The first kappa shape index (κ1) is 17.0. The number of thiophene rings is 2. The molecule has 3 heterocycles. The van der Waals surface area contributed by atoms with E-state index < -0.39 is 0 Å². The number of hydrogen-bond acceptors (Lipinski definition) is 4. The summed E-state index contributed by atoms with van der Waals surface area (Å²) >= 11 is 3.12. The highest BCUT2D eigenvalue weighted by Gasteiger charge is 2.26. The summed E-state index contributed by atoms with van der Waals surface area (Å²) in [7, 11) is 0. The van der Waals surface area contributed by atoms with E-state index in [0.717, 1.165) is 34.7 Å². The maximum atomic E-state index is 12.7. The van der Waals surface area contributed by atoms with E-state index in [0.29, 0.717) is 13.0 Å². The van der Waals surface area contributed by atoms with Crippen molar-refractivity contribution in [3.63, 3.8) is 0 Å². The van der Waals surface area contributed by atoms with Crippen LogP contribution in [0.15, 0.2) is 53.2 Å². The molecule has 132 valence electrons. The standard InChI is InChI=1S/C20H18N2O2S2/c23-19(8-7-16-3-1-11-25-16)21-15-6-5-14-9-10-22(17(14)13-15)20(24)18-4-2-12-26-18/h1-6,11-13H,7-10H2,(H,21,23). The predicted octanol–water partition coefficient (Wildman–Crippen LogP) is 4.58. The van der Waals surface area contributed by atoms with Crippen LogP contribution < -0.4 is 10.2 Å². The molecule has 2 amide bonds. The second kappa shape index (κ2) is 7.43. The van der Waals surface area contributed by atoms with Crippen molar-refractivity contribution >= 4 is 45.9 Å². The second-order valence-electron chi connectivity index (χ2n) is 6.16. The number of rotatable bonds is 5. The smallest absolute Gasteiger partial charge is 0.268 e. The van der Waals surface area contributed by atoms with Gasteiger partial charge < -0.3 is 10.2 Å². The van der Waals surface area contributed by atoms with E-state index in [-0.39, 0.29) is 11.8 Å². The average Bonchev–Trinajstić information content (AvgIpc) is 3.40. The third kappa shape index (κ3) is 3.57. The molecule has 2 aromatic heterocycles. The number of benzene rings is 1. The summed E-state index contributed by atoms with van der Waals surface area (Å²) in [6, 6.07) is 13.6. The summed E-state index contributed by atoms with van der Waals surface area (Å²) < 4.78 is 0. The van der Waals surface area contributed by atoms with Gasteiger partial charge in [0.05, 0.1) is 4.88 Å². The molecule has 0 saturated heterocycles. The van der Waals surface area contributed by atoms with Gasteiger partial charge in [-0.25, -0.2) is 0 Å². The minimum absolute atomic E-state index is 0.00696. The number of fused-ring (bicyclic) bond motifs is 1. The van der Waals surface area contributed by atoms with Crippen molar-refractivity contribution in [1.82, 2.24) is 0 Å². The molecule has 0 unspecified atom stereocenters. The third-order valence-electron chi connectivity index (χ3n) is 4.42. The minimum atomic E-state index is -0.00696. The van der Waals surface area contributed by atoms with Crippen LogP contribution in [0.25, 0.3) is 0 Å². The number of aryl methyl sites for hydroxylation is 1. The van der Waals surface area contributed by atoms with Crippen LogP contribution in [0.4, 0.5) is 11.4 Å². The van der Waals surface area contributed by atoms with Crippen molar-refractivity contribution in [2.75, 3.05) is 16.8 Å². The summed E-state index contributed by atoms with van der Waals surface area (Å²) in [6.07, 6.45) is 2.05. The van der Waals surface area contributed by atoms with Crippen molar-refractivity contribution in [3.05, 3.63) is 68.5 Å². The van der Waals surface area contributed by atoms with Crippen molar-refractivity contribution in [3.8, 4) is 0 Å². The van der Waals surface area contributed by atoms with E-state index in [9.17, 15) is 9.59 Å². The predicted molar refractivity (Wildman–Crippen MR) is 107 cm³/mol. The van der Waals surface area contributed by atoms with Crippen molar-refractivity contribution < 1.29 is 9.59 Å². The van der Waals surface area contributed by atoms with Crippen molar-refractivity contribution in [2.45, 2.75) is 19.3 Å². The highest BCUT2D eigenvalue weighted by atomic mass is 32.1. The lowest BCUT2D eigenvalue weighted by Gasteiger charge is -2.17. The molecule has 6 heteroatoms. The molecule has 26 heavy (non-hydrogen) atoms. The summed E-state index contributed by atoms with van der Waals surface area (Å²) in [5, 5.41) is 6.89. The molecule has 1 N–H and O–H groups in total. The Kier molecular flexibility index (Phi) is 4.86. The molecule has 3 aromatic rings. The zero-order valence-corrected chi connectivity index (χ0v) is 15.7. The lowest BCUT2D eigenvalue weighted by atomic mass is 10.1. The molecule has 1 aliphatic rings. The number of carbonyl (C=O) groups excluding carboxylic acids is 2. The van der Waals surface area contributed by atoms with Gasteiger partial charge >= 0.3 is 0 Å². The first-order chi connectivity index (χ1) is 12.7. The van der Waals surface area contributed by atoms with Crippen molar-refractivity contribution in [2.24, 2.45) is 0 Å². The summed E-state index contributed by atoms with van der Waals surface area (Å²) in [5.74, 6) is 0.0207. The van der Waals surface area contributed by atoms with Gasteiger partial charge in [0.1, 0.15) is 0 Å². The fraction of sp³-hybridized carbons (Fsp3) is 0.200. The Bertz CT molecular complexity index is 917. The highest BCUT2D eigenvalue weighted by Crippen LogP contribution is 2.32. The fourth-order valence-electron chi connectivity index (χ4n) is 3.12. The molecule has 0 bridgehead atoms. The Balaban J connectivity index is 1.45. The lowest BCUT2D eigenvalue weighted by Crippen LogP contribution is -2.28. The molecule has 0 saturated carbocycles.